The number of likely N-dealkylation sites (tertiary alicyclic amines) is 1. The number of hydrogen-bond donors (Lipinski definition) is 1. The molecule has 0 bridgehead atoms. The van der Waals surface area contributed by atoms with Crippen LogP contribution in [0.4, 0.5) is 4.39 Å². The van der Waals surface area contributed by atoms with E-state index in [9.17, 15) is 19.6 Å². The first-order valence-corrected chi connectivity index (χ1v) is 11.2. The Morgan fingerprint density at radius 2 is 1.88 bits per heavy atom. The Balaban J connectivity index is 1.49. The normalized spacial score (nSPS) is 15.1. The molecule has 1 fully saturated rings. The van der Waals surface area contributed by atoms with Gasteiger partial charge in [0.2, 0.25) is 0 Å². The number of carboxylic acid groups (broad SMARTS) is 1. The summed E-state index contributed by atoms with van der Waals surface area (Å²) in [6.07, 6.45) is 0. The highest BCUT2D eigenvalue weighted by atomic mass is 79.9. The second-order valence-corrected chi connectivity index (χ2v) is 9.36. The largest absolute Gasteiger partial charge is 0.481 e. The van der Waals surface area contributed by atoms with Crippen molar-refractivity contribution in [1.82, 2.24) is 4.90 Å². The van der Waals surface area contributed by atoms with Gasteiger partial charge in [0.15, 0.2) is 0 Å². The number of nitriles is 1. The molecule has 162 valence electrons. The minimum atomic E-state index is -0.955. The number of nitrogens with zero attached hydrogens (tertiary/aromatic N) is 2. The van der Waals surface area contributed by atoms with Crippen LogP contribution in [0.2, 0.25) is 5.02 Å². The van der Waals surface area contributed by atoms with Crippen molar-refractivity contribution in [3.8, 4) is 17.2 Å². The van der Waals surface area contributed by atoms with Crippen molar-refractivity contribution in [2.75, 3.05) is 13.1 Å². The summed E-state index contributed by atoms with van der Waals surface area (Å²) in [6, 6.07) is 19.7. The molecule has 1 atom stereocenters. The highest BCUT2D eigenvalue weighted by Crippen LogP contribution is 2.35. The zero-order chi connectivity index (χ0) is 22.8. The molecule has 0 amide bonds. The molecular formula is C25H19BrClFN2O2. The zero-order valence-corrected chi connectivity index (χ0v) is 19.3. The lowest BCUT2D eigenvalue weighted by atomic mass is 9.80. The topological polar surface area (TPSA) is 64.3 Å². The third-order valence-electron chi connectivity index (χ3n) is 5.67. The third kappa shape index (κ3) is 5.02. The van der Waals surface area contributed by atoms with Crippen LogP contribution in [-0.2, 0) is 11.3 Å². The summed E-state index contributed by atoms with van der Waals surface area (Å²) in [5, 5.41) is 19.9. The van der Waals surface area contributed by atoms with Crippen LogP contribution < -0.4 is 0 Å². The Morgan fingerprint density at radius 3 is 2.50 bits per heavy atom. The predicted molar refractivity (Wildman–Crippen MR) is 125 cm³/mol. The lowest BCUT2D eigenvalue weighted by Crippen LogP contribution is -2.50. The van der Waals surface area contributed by atoms with Crippen molar-refractivity contribution < 1.29 is 14.3 Å². The lowest BCUT2D eigenvalue weighted by molar-refractivity contribution is -0.142. The average molecular weight is 514 g/mol. The Kier molecular flexibility index (Phi) is 6.61. The van der Waals surface area contributed by atoms with Crippen molar-refractivity contribution in [2.45, 2.75) is 12.5 Å². The van der Waals surface area contributed by atoms with Crippen LogP contribution >= 0.6 is 27.5 Å². The van der Waals surface area contributed by atoms with Gasteiger partial charge in [0.25, 0.3) is 0 Å². The number of benzene rings is 3. The van der Waals surface area contributed by atoms with Gasteiger partial charge in [-0.15, -0.1) is 0 Å². The molecule has 0 aliphatic carbocycles. The Bertz CT molecular complexity index is 1180. The van der Waals surface area contributed by atoms with E-state index >= 15 is 0 Å². The standard InChI is InChI=1S/C25H19BrClFN2O2/c26-21-8-19(9-23(28)10-21)24(25(31)32)20-13-30(14-20)12-16-5-15(11-29)6-18(7-16)17-1-3-22(27)4-2-17/h1-10,20,24H,12-14H2,(H,31,32)/t24-/m1/s1. The van der Waals surface area contributed by atoms with E-state index < -0.39 is 17.7 Å². The summed E-state index contributed by atoms with van der Waals surface area (Å²) in [6.45, 7) is 1.77. The summed E-state index contributed by atoms with van der Waals surface area (Å²) in [5.41, 5.74) is 3.91. The van der Waals surface area contributed by atoms with E-state index in [2.05, 4.69) is 26.9 Å². The molecule has 7 heteroatoms. The molecule has 0 saturated carbocycles. The first-order chi connectivity index (χ1) is 15.3. The fourth-order valence-electron chi connectivity index (χ4n) is 4.24. The zero-order valence-electron chi connectivity index (χ0n) is 16.9. The van der Waals surface area contributed by atoms with E-state index in [1.54, 1.807) is 6.07 Å². The molecule has 0 spiro atoms. The van der Waals surface area contributed by atoms with Gasteiger partial charge in [0.05, 0.1) is 17.6 Å². The maximum absolute atomic E-state index is 13.8. The summed E-state index contributed by atoms with van der Waals surface area (Å²) < 4.78 is 14.3. The van der Waals surface area contributed by atoms with Crippen molar-refractivity contribution in [2.24, 2.45) is 5.92 Å². The van der Waals surface area contributed by atoms with E-state index in [0.29, 0.717) is 40.3 Å². The van der Waals surface area contributed by atoms with Crippen molar-refractivity contribution in [3.63, 3.8) is 0 Å². The second kappa shape index (κ2) is 9.41. The van der Waals surface area contributed by atoms with Crippen molar-refractivity contribution >= 4 is 33.5 Å². The van der Waals surface area contributed by atoms with Crippen LogP contribution in [0.15, 0.2) is 65.1 Å². The maximum atomic E-state index is 13.8. The molecule has 4 rings (SSSR count). The van der Waals surface area contributed by atoms with Crippen molar-refractivity contribution in [3.05, 3.63) is 92.7 Å². The van der Waals surface area contributed by atoms with Crippen LogP contribution in [0, 0.1) is 23.1 Å². The molecule has 3 aromatic carbocycles. The van der Waals surface area contributed by atoms with Crippen LogP contribution in [0.1, 0.15) is 22.6 Å². The molecule has 1 aliphatic rings. The number of aliphatic carboxylic acids is 1. The Labute approximate surface area is 199 Å². The maximum Gasteiger partial charge on any atom is 0.311 e. The van der Waals surface area contributed by atoms with Gasteiger partial charge in [0.1, 0.15) is 5.82 Å². The molecule has 0 aromatic heterocycles. The SMILES string of the molecule is N#Cc1cc(CN2CC([C@H](C(=O)O)c3cc(F)cc(Br)c3)C2)cc(-c2ccc(Cl)cc2)c1. The van der Waals surface area contributed by atoms with Crippen LogP contribution in [-0.4, -0.2) is 29.1 Å². The van der Waals surface area contributed by atoms with Gasteiger partial charge in [0, 0.05) is 35.0 Å². The van der Waals surface area contributed by atoms with E-state index in [1.165, 1.54) is 12.1 Å². The second-order valence-electron chi connectivity index (χ2n) is 8.01. The van der Waals surface area contributed by atoms with Crippen LogP contribution in [0.5, 0.6) is 0 Å². The fraction of sp³-hybridized carbons (Fsp3) is 0.200. The summed E-state index contributed by atoms with van der Waals surface area (Å²) in [7, 11) is 0. The summed E-state index contributed by atoms with van der Waals surface area (Å²) in [4.78, 5) is 14.1. The van der Waals surface area contributed by atoms with E-state index in [-0.39, 0.29) is 5.92 Å². The van der Waals surface area contributed by atoms with Crippen molar-refractivity contribution in [1.29, 1.82) is 5.26 Å². The molecule has 3 aromatic rings. The van der Waals surface area contributed by atoms with Gasteiger partial charge in [-0.25, -0.2) is 4.39 Å². The minimum Gasteiger partial charge on any atom is -0.481 e. The monoisotopic (exact) mass is 512 g/mol. The van der Waals surface area contributed by atoms with Gasteiger partial charge in [-0.1, -0.05) is 39.7 Å². The molecule has 1 heterocycles. The lowest BCUT2D eigenvalue weighted by Gasteiger charge is -2.42. The van der Waals surface area contributed by atoms with E-state index in [1.807, 2.05) is 42.5 Å². The van der Waals surface area contributed by atoms with Gasteiger partial charge >= 0.3 is 5.97 Å². The first-order valence-electron chi connectivity index (χ1n) is 10.0. The molecule has 0 radical (unpaired) electrons. The van der Waals surface area contributed by atoms with Crippen LogP contribution in [0.3, 0.4) is 0 Å². The van der Waals surface area contributed by atoms with E-state index in [0.717, 1.165) is 16.7 Å². The van der Waals surface area contributed by atoms with Gasteiger partial charge in [-0.3, -0.25) is 9.69 Å². The third-order valence-corrected chi connectivity index (χ3v) is 6.38. The Hall–Kier alpha value is -2.72. The average Bonchev–Trinajstić information content (AvgIpc) is 2.71. The molecule has 0 unspecified atom stereocenters. The number of carbonyl (C=O) groups is 1. The highest BCUT2D eigenvalue weighted by molar-refractivity contribution is 9.10. The first kappa shape index (κ1) is 22.5. The Morgan fingerprint density at radius 1 is 1.16 bits per heavy atom. The number of rotatable bonds is 6. The number of carboxylic acids is 1. The molecule has 4 nitrogen and oxygen atoms in total. The molecule has 1 aliphatic heterocycles. The summed E-state index contributed by atoms with van der Waals surface area (Å²) >= 11 is 9.22. The molecular weight excluding hydrogens is 495 g/mol. The quantitative estimate of drug-likeness (QED) is 0.434. The van der Waals surface area contributed by atoms with Gasteiger partial charge in [-0.05, 0) is 70.8 Å². The van der Waals surface area contributed by atoms with Crippen LogP contribution in [0.25, 0.3) is 11.1 Å². The van der Waals surface area contributed by atoms with E-state index in [4.69, 9.17) is 11.6 Å². The number of halogens is 3. The fourth-order valence-corrected chi connectivity index (χ4v) is 4.84. The van der Waals surface area contributed by atoms with Gasteiger partial charge < -0.3 is 5.11 Å². The molecule has 1 saturated heterocycles. The highest BCUT2D eigenvalue weighted by Gasteiger charge is 2.38. The minimum absolute atomic E-state index is 0.115. The van der Waals surface area contributed by atoms with Gasteiger partial charge in [-0.2, -0.15) is 5.26 Å². The molecule has 32 heavy (non-hydrogen) atoms. The predicted octanol–water partition coefficient (Wildman–Crippen LogP) is 6.08. The smallest absolute Gasteiger partial charge is 0.311 e. The molecule has 1 N–H and O–H groups in total. The summed E-state index contributed by atoms with van der Waals surface area (Å²) in [5.74, 6) is -2.30. The number of hydrogen-bond acceptors (Lipinski definition) is 3.